The third kappa shape index (κ3) is 6.40. The minimum absolute atomic E-state index is 0.0196. The van der Waals surface area contributed by atoms with Crippen LogP contribution in [-0.2, 0) is 0 Å². The van der Waals surface area contributed by atoms with Crippen molar-refractivity contribution in [3.8, 4) is 0 Å². The normalized spacial score (nSPS) is 25.9. The van der Waals surface area contributed by atoms with E-state index in [0.717, 1.165) is 18.8 Å². The molecule has 98 valence electrons. The molecule has 16 heavy (non-hydrogen) atoms. The first-order chi connectivity index (χ1) is 7.47. The van der Waals surface area contributed by atoms with Gasteiger partial charge in [0, 0.05) is 0 Å². The van der Waals surface area contributed by atoms with Crippen molar-refractivity contribution in [1.29, 1.82) is 0 Å². The fraction of sp³-hybridized carbons (Fsp3) is 1.00. The van der Waals surface area contributed by atoms with E-state index < -0.39 is 25.4 Å². The number of rotatable bonds is 3. The zero-order valence-electron chi connectivity index (χ0n) is 9.97. The Morgan fingerprint density at radius 1 is 1.00 bits per heavy atom. The van der Waals surface area contributed by atoms with Crippen LogP contribution in [0.1, 0.15) is 32.6 Å². The summed E-state index contributed by atoms with van der Waals surface area (Å²) in [6, 6.07) is 0. The Labute approximate surface area is 96.9 Å². The van der Waals surface area contributed by atoms with E-state index >= 15 is 0 Å². The Balaban J connectivity index is 0.000000281. The summed E-state index contributed by atoms with van der Waals surface area (Å²) in [5.74, 6) is 0.860. The largest absolute Gasteiger partial charge is 0.394 e. The number of hydrogen-bond acceptors (Lipinski definition) is 5. The topological polar surface area (TPSA) is 107 Å². The molecular formula is C11H25NO4. The molecule has 0 atom stereocenters. The molecule has 1 rings (SSSR count). The molecule has 6 N–H and O–H groups in total. The summed E-state index contributed by atoms with van der Waals surface area (Å²) in [7, 11) is 0. The summed E-state index contributed by atoms with van der Waals surface area (Å²) in [6.07, 6.45) is 4.52. The van der Waals surface area contributed by atoms with Gasteiger partial charge < -0.3 is 26.2 Å². The van der Waals surface area contributed by atoms with Gasteiger partial charge in [0.1, 0.15) is 0 Å². The molecule has 0 aliphatic heterocycles. The fourth-order valence-corrected chi connectivity index (χ4v) is 1.39. The molecule has 5 heteroatoms. The predicted octanol–water partition coefficient (Wildman–Crippen LogP) is -0.782. The molecular weight excluding hydrogens is 210 g/mol. The lowest BCUT2D eigenvalue weighted by Gasteiger charge is -2.21. The van der Waals surface area contributed by atoms with Crippen molar-refractivity contribution in [2.75, 3.05) is 19.8 Å². The van der Waals surface area contributed by atoms with Gasteiger partial charge in [0.2, 0.25) is 0 Å². The van der Waals surface area contributed by atoms with E-state index in [0.29, 0.717) is 0 Å². The number of aliphatic hydroxyl groups is 4. The Bertz CT molecular complexity index is 147. The summed E-state index contributed by atoms with van der Waals surface area (Å²) in [5.41, 5.74) is 3.94. The molecule has 1 fully saturated rings. The second kappa shape index (κ2) is 7.97. The molecule has 0 saturated heterocycles. The van der Waals surface area contributed by atoms with Crippen LogP contribution in [0.3, 0.4) is 0 Å². The van der Waals surface area contributed by atoms with Crippen LogP contribution in [-0.4, -0.2) is 51.9 Å². The Morgan fingerprint density at radius 2 is 1.38 bits per heavy atom. The highest BCUT2D eigenvalue weighted by molar-refractivity contribution is 4.80. The SMILES string of the molecule is CC1CCC(O)CC1.NC(CO)(CO)CO. The van der Waals surface area contributed by atoms with Gasteiger partial charge in [-0.1, -0.05) is 6.92 Å². The standard InChI is InChI=1S/C7H14O.C4H11NO3/c1-6-2-4-7(8)5-3-6;5-4(1-6,2-7)3-8/h6-8H,2-5H2,1H3;6-8H,1-3,5H2. The molecule has 0 radical (unpaired) electrons. The minimum Gasteiger partial charge on any atom is -0.394 e. The van der Waals surface area contributed by atoms with Gasteiger partial charge in [0.25, 0.3) is 0 Å². The summed E-state index contributed by atoms with van der Waals surface area (Å²) in [4.78, 5) is 0. The van der Waals surface area contributed by atoms with Crippen molar-refractivity contribution in [1.82, 2.24) is 0 Å². The van der Waals surface area contributed by atoms with E-state index in [1.54, 1.807) is 0 Å². The minimum atomic E-state index is -1.21. The Morgan fingerprint density at radius 3 is 1.56 bits per heavy atom. The van der Waals surface area contributed by atoms with E-state index in [-0.39, 0.29) is 6.10 Å². The quantitative estimate of drug-likeness (QED) is 0.441. The van der Waals surface area contributed by atoms with Crippen LogP contribution in [0.15, 0.2) is 0 Å². The number of aliphatic hydroxyl groups excluding tert-OH is 4. The molecule has 0 amide bonds. The molecule has 1 aliphatic carbocycles. The van der Waals surface area contributed by atoms with Gasteiger partial charge in [-0.25, -0.2) is 0 Å². The predicted molar refractivity (Wildman–Crippen MR) is 61.8 cm³/mol. The van der Waals surface area contributed by atoms with Gasteiger partial charge in [-0.05, 0) is 31.6 Å². The van der Waals surface area contributed by atoms with Gasteiger partial charge in [-0.15, -0.1) is 0 Å². The highest BCUT2D eigenvalue weighted by atomic mass is 16.3. The van der Waals surface area contributed by atoms with E-state index in [4.69, 9.17) is 26.2 Å². The molecule has 0 bridgehead atoms. The fourth-order valence-electron chi connectivity index (χ4n) is 1.39. The molecule has 0 unspecified atom stereocenters. The average molecular weight is 235 g/mol. The summed E-state index contributed by atoms with van der Waals surface area (Å²) in [5, 5.41) is 34.0. The first-order valence-corrected chi connectivity index (χ1v) is 5.77. The molecule has 0 aromatic heterocycles. The molecule has 0 spiro atoms. The summed E-state index contributed by atoms with van der Waals surface area (Å²) >= 11 is 0. The zero-order valence-corrected chi connectivity index (χ0v) is 9.97. The summed E-state index contributed by atoms with van der Waals surface area (Å²) in [6.45, 7) is 1.05. The molecule has 5 nitrogen and oxygen atoms in total. The van der Waals surface area contributed by atoms with E-state index in [9.17, 15) is 0 Å². The van der Waals surface area contributed by atoms with Gasteiger partial charge in [0.05, 0.1) is 31.5 Å². The van der Waals surface area contributed by atoms with E-state index in [1.807, 2.05) is 0 Å². The maximum Gasteiger partial charge on any atom is 0.0856 e. The van der Waals surface area contributed by atoms with Crippen LogP contribution in [0.4, 0.5) is 0 Å². The van der Waals surface area contributed by atoms with Gasteiger partial charge in [-0.3, -0.25) is 0 Å². The lowest BCUT2D eigenvalue weighted by Crippen LogP contribution is -2.50. The van der Waals surface area contributed by atoms with E-state index in [2.05, 4.69) is 6.92 Å². The molecule has 0 aromatic rings. The zero-order chi connectivity index (χ0) is 12.6. The third-order valence-corrected chi connectivity index (χ3v) is 2.93. The molecule has 0 heterocycles. The number of hydrogen-bond donors (Lipinski definition) is 5. The lowest BCUT2D eigenvalue weighted by molar-refractivity contribution is 0.0697. The Hall–Kier alpha value is -0.200. The maximum absolute atomic E-state index is 9.03. The van der Waals surface area contributed by atoms with Crippen molar-refractivity contribution in [2.45, 2.75) is 44.2 Å². The van der Waals surface area contributed by atoms with Crippen LogP contribution in [0, 0.1) is 5.92 Å². The maximum atomic E-state index is 9.03. The van der Waals surface area contributed by atoms with Crippen molar-refractivity contribution in [3.63, 3.8) is 0 Å². The van der Waals surface area contributed by atoms with Crippen LogP contribution >= 0.6 is 0 Å². The second-order valence-electron chi connectivity index (χ2n) is 4.75. The second-order valence-corrected chi connectivity index (χ2v) is 4.75. The first-order valence-electron chi connectivity index (χ1n) is 5.77. The highest BCUT2D eigenvalue weighted by Gasteiger charge is 2.20. The highest BCUT2D eigenvalue weighted by Crippen LogP contribution is 2.22. The molecule has 1 saturated carbocycles. The van der Waals surface area contributed by atoms with Gasteiger partial charge in [-0.2, -0.15) is 0 Å². The van der Waals surface area contributed by atoms with Crippen LogP contribution in [0.25, 0.3) is 0 Å². The monoisotopic (exact) mass is 235 g/mol. The lowest BCUT2D eigenvalue weighted by atomic mass is 9.89. The molecule has 0 aromatic carbocycles. The van der Waals surface area contributed by atoms with Gasteiger partial charge in [0.15, 0.2) is 0 Å². The van der Waals surface area contributed by atoms with Crippen molar-refractivity contribution < 1.29 is 20.4 Å². The van der Waals surface area contributed by atoms with Gasteiger partial charge >= 0.3 is 0 Å². The van der Waals surface area contributed by atoms with Crippen molar-refractivity contribution >= 4 is 0 Å². The summed E-state index contributed by atoms with van der Waals surface area (Å²) < 4.78 is 0. The molecule has 1 aliphatic rings. The van der Waals surface area contributed by atoms with Crippen LogP contribution < -0.4 is 5.73 Å². The first kappa shape index (κ1) is 15.8. The van der Waals surface area contributed by atoms with E-state index in [1.165, 1.54) is 12.8 Å². The van der Waals surface area contributed by atoms with Crippen molar-refractivity contribution in [3.05, 3.63) is 0 Å². The third-order valence-electron chi connectivity index (χ3n) is 2.93. The Kier molecular flexibility index (Phi) is 7.87. The van der Waals surface area contributed by atoms with Crippen molar-refractivity contribution in [2.24, 2.45) is 11.7 Å². The smallest absolute Gasteiger partial charge is 0.0856 e. The van der Waals surface area contributed by atoms with Crippen LogP contribution in [0.5, 0.6) is 0 Å². The average Bonchev–Trinajstić information content (AvgIpc) is 2.33. The van der Waals surface area contributed by atoms with Crippen LogP contribution in [0.2, 0.25) is 0 Å². The number of nitrogens with two attached hydrogens (primary N) is 1.